The van der Waals surface area contributed by atoms with Crippen molar-refractivity contribution in [1.82, 2.24) is 0 Å². The van der Waals surface area contributed by atoms with Crippen LogP contribution in [-0.4, -0.2) is 24.3 Å². The van der Waals surface area contributed by atoms with Crippen LogP contribution in [0, 0.1) is 11.3 Å². The second kappa shape index (κ2) is 4.42. The van der Waals surface area contributed by atoms with E-state index in [1.807, 2.05) is 18.2 Å². The van der Waals surface area contributed by atoms with Crippen LogP contribution >= 0.6 is 0 Å². The Bertz CT molecular complexity index is 425. The van der Waals surface area contributed by atoms with E-state index < -0.39 is 0 Å². The lowest BCUT2D eigenvalue weighted by Crippen LogP contribution is -2.21. The molecule has 1 aliphatic heterocycles. The number of β-amino-alcohol motifs (C(OH)–C–C–N with tert-alkyl or cyclic N) is 1. The molecule has 84 valence electrons. The van der Waals surface area contributed by atoms with Crippen LogP contribution in [0.4, 0.5) is 11.4 Å². The number of benzene rings is 1. The normalized spacial score (nSPS) is 19.8. The number of nitrogen functional groups attached to an aromatic ring is 1. The molecule has 1 fully saturated rings. The molecular formula is C12H15N3O. The van der Waals surface area contributed by atoms with E-state index in [1.54, 1.807) is 0 Å². The van der Waals surface area contributed by atoms with E-state index in [2.05, 4.69) is 11.0 Å². The van der Waals surface area contributed by atoms with Crippen molar-refractivity contribution in [3.63, 3.8) is 0 Å². The first-order valence-corrected chi connectivity index (χ1v) is 5.39. The van der Waals surface area contributed by atoms with Crippen molar-refractivity contribution in [3.8, 4) is 6.07 Å². The maximum atomic E-state index is 9.47. The van der Waals surface area contributed by atoms with Crippen LogP contribution < -0.4 is 10.6 Å². The summed E-state index contributed by atoms with van der Waals surface area (Å²) in [6.45, 7) is 1.52. The second-order valence-electron chi connectivity index (χ2n) is 4.11. The molecule has 4 nitrogen and oxygen atoms in total. The summed E-state index contributed by atoms with van der Waals surface area (Å²) in [4.78, 5) is 2.12. The molecule has 0 aliphatic carbocycles. The molecule has 1 saturated heterocycles. The second-order valence-corrected chi connectivity index (χ2v) is 4.11. The molecule has 0 saturated carbocycles. The fourth-order valence-corrected chi connectivity index (χ4v) is 2.00. The maximum Gasteiger partial charge on any atom is 0.0731 e. The minimum absolute atomic E-state index is 0.239. The van der Waals surface area contributed by atoms with Crippen molar-refractivity contribution >= 4 is 11.4 Å². The molecule has 3 N–H and O–H groups in total. The summed E-state index contributed by atoms with van der Waals surface area (Å²) in [5, 5.41) is 18.2. The highest BCUT2D eigenvalue weighted by atomic mass is 16.3. The lowest BCUT2D eigenvalue weighted by atomic mass is 10.1. The summed E-state index contributed by atoms with van der Waals surface area (Å²) in [6.07, 6.45) is 0.894. The fourth-order valence-electron chi connectivity index (χ4n) is 2.00. The zero-order chi connectivity index (χ0) is 11.5. The minimum Gasteiger partial charge on any atom is -0.398 e. The van der Waals surface area contributed by atoms with Crippen molar-refractivity contribution in [1.29, 1.82) is 5.26 Å². The third-order valence-electron chi connectivity index (χ3n) is 2.92. The van der Waals surface area contributed by atoms with Crippen molar-refractivity contribution < 1.29 is 5.11 Å². The highest BCUT2D eigenvalue weighted by molar-refractivity contribution is 5.59. The van der Waals surface area contributed by atoms with Crippen LogP contribution in [0.15, 0.2) is 18.2 Å². The van der Waals surface area contributed by atoms with Crippen molar-refractivity contribution in [2.24, 2.45) is 0 Å². The third kappa shape index (κ3) is 2.10. The highest BCUT2D eigenvalue weighted by Gasteiger charge is 2.20. The first-order chi connectivity index (χ1) is 7.70. The standard InChI is InChI=1S/C12H15N3O/c13-5-3-9-7-10(1-2-12(9)14)15-6-4-11(16)8-15/h1-2,7,11,16H,3-4,6,8,14H2. The van der Waals surface area contributed by atoms with Crippen LogP contribution in [0.25, 0.3) is 0 Å². The fraction of sp³-hybridized carbons (Fsp3) is 0.417. The molecule has 1 aromatic carbocycles. The van der Waals surface area contributed by atoms with Crippen LogP contribution in [0.3, 0.4) is 0 Å². The van der Waals surface area contributed by atoms with Gasteiger partial charge in [0.15, 0.2) is 0 Å². The van der Waals surface area contributed by atoms with Gasteiger partial charge in [0.05, 0.1) is 18.6 Å². The summed E-state index contributed by atoms with van der Waals surface area (Å²) in [5.41, 5.74) is 8.34. The number of nitrogens with zero attached hydrogens (tertiary/aromatic N) is 2. The number of hydrogen-bond donors (Lipinski definition) is 2. The highest BCUT2D eigenvalue weighted by Crippen LogP contribution is 2.24. The van der Waals surface area contributed by atoms with E-state index in [-0.39, 0.29) is 6.10 Å². The van der Waals surface area contributed by atoms with Gasteiger partial charge in [0.25, 0.3) is 0 Å². The molecular weight excluding hydrogens is 202 g/mol. The Morgan fingerprint density at radius 1 is 1.56 bits per heavy atom. The van der Waals surface area contributed by atoms with Crippen molar-refractivity contribution in [2.75, 3.05) is 23.7 Å². The van der Waals surface area contributed by atoms with Crippen LogP contribution in [0.2, 0.25) is 0 Å². The van der Waals surface area contributed by atoms with Gasteiger partial charge in [-0.25, -0.2) is 0 Å². The number of nitriles is 1. The van der Waals surface area contributed by atoms with Gasteiger partial charge < -0.3 is 15.7 Å². The van der Waals surface area contributed by atoms with Gasteiger partial charge in [0, 0.05) is 24.5 Å². The first kappa shape index (κ1) is 10.8. The lowest BCUT2D eigenvalue weighted by molar-refractivity contribution is 0.198. The quantitative estimate of drug-likeness (QED) is 0.722. The van der Waals surface area contributed by atoms with E-state index in [0.717, 1.165) is 24.2 Å². The van der Waals surface area contributed by atoms with E-state index in [0.29, 0.717) is 18.7 Å². The molecule has 0 spiro atoms. The SMILES string of the molecule is N#CCc1cc(N2CCC(O)C2)ccc1N. The van der Waals surface area contributed by atoms with Crippen LogP contribution in [0.1, 0.15) is 12.0 Å². The maximum absolute atomic E-state index is 9.47. The number of nitrogens with two attached hydrogens (primary N) is 1. The van der Waals surface area contributed by atoms with E-state index >= 15 is 0 Å². The Kier molecular flexibility index (Phi) is 2.97. The van der Waals surface area contributed by atoms with Gasteiger partial charge in [-0.2, -0.15) is 5.26 Å². The Morgan fingerprint density at radius 2 is 2.38 bits per heavy atom. The molecule has 0 amide bonds. The third-order valence-corrected chi connectivity index (χ3v) is 2.92. The molecule has 1 aliphatic rings. The molecule has 16 heavy (non-hydrogen) atoms. The molecule has 1 aromatic rings. The van der Waals surface area contributed by atoms with Gasteiger partial charge in [-0.15, -0.1) is 0 Å². The van der Waals surface area contributed by atoms with Crippen molar-refractivity contribution in [2.45, 2.75) is 18.9 Å². The molecule has 0 radical (unpaired) electrons. The average Bonchev–Trinajstić information content (AvgIpc) is 2.69. The zero-order valence-electron chi connectivity index (χ0n) is 9.06. The Balaban J connectivity index is 2.22. The average molecular weight is 217 g/mol. The predicted molar refractivity (Wildman–Crippen MR) is 63.0 cm³/mol. The summed E-state index contributed by atoms with van der Waals surface area (Å²) in [6, 6.07) is 7.81. The van der Waals surface area contributed by atoms with Gasteiger partial charge >= 0.3 is 0 Å². The molecule has 1 heterocycles. The minimum atomic E-state index is -0.239. The molecule has 2 rings (SSSR count). The Morgan fingerprint density at radius 3 is 3.00 bits per heavy atom. The Hall–Kier alpha value is -1.73. The first-order valence-electron chi connectivity index (χ1n) is 5.39. The van der Waals surface area contributed by atoms with Gasteiger partial charge in [0.1, 0.15) is 0 Å². The number of anilines is 2. The summed E-state index contributed by atoms with van der Waals surface area (Å²) in [5.74, 6) is 0. The summed E-state index contributed by atoms with van der Waals surface area (Å²) in [7, 11) is 0. The van der Waals surface area contributed by atoms with Gasteiger partial charge in [-0.3, -0.25) is 0 Å². The summed E-state index contributed by atoms with van der Waals surface area (Å²) >= 11 is 0. The molecule has 0 aromatic heterocycles. The largest absolute Gasteiger partial charge is 0.398 e. The number of aliphatic hydroxyl groups excluding tert-OH is 1. The van der Waals surface area contributed by atoms with E-state index in [4.69, 9.17) is 11.0 Å². The molecule has 4 heteroatoms. The Labute approximate surface area is 94.9 Å². The van der Waals surface area contributed by atoms with Crippen molar-refractivity contribution in [3.05, 3.63) is 23.8 Å². The zero-order valence-corrected chi connectivity index (χ0v) is 9.06. The van der Waals surface area contributed by atoms with Gasteiger partial charge in [-0.1, -0.05) is 0 Å². The number of hydrogen-bond acceptors (Lipinski definition) is 4. The summed E-state index contributed by atoms with van der Waals surface area (Å²) < 4.78 is 0. The van der Waals surface area contributed by atoms with E-state index in [9.17, 15) is 5.11 Å². The van der Waals surface area contributed by atoms with Gasteiger partial charge in [-0.05, 0) is 30.2 Å². The monoisotopic (exact) mass is 217 g/mol. The van der Waals surface area contributed by atoms with Crippen LogP contribution in [0.5, 0.6) is 0 Å². The van der Waals surface area contributed by atoms with E-state index in [1.165, 1.54) is 0 Å². The topological polar surface area (TPSA) is 73.3 Å². The lowest BCUT2D eigenvalue weighted by Gasteiger charge is -2.19. The molecule has 1 unspecified atom stereocenters. The predicted octanol–water partition coefficient (Wildman–Crippen LogP) is 0.906. The van der Waals surface area contributed by atoms with Crippen LogP contribution in [-0.2, 0) is 6.42 Å². The smallest absolute Gasteiger partial charge is 0.0731 e. The molecule has 1 atom stereocenters. The van der Waals surface area contributed by atoms with Gasteiger partial charge in [0.2, 0.25) is 0 Å². The number of aliphatic hydroxyl groups is 1. The number of rotatable bonds is 2. The molecule has 0 bridgehead atoms.